The molecule has 1 rings (SSSR count). The maximum absolute atomic E-state index is 12.0. The van der Waals surface area contributed by atoms with Gasteiger partial charge in [-0.3, -0.25) is 0 Å². The van der Waals surface area contributed by atoms with Crippen molar-refractivity contribution in [1.29, 1.82) is 0 Å². The highest BCUT2D eigenvalue weighted by molar-refractivity contribution is 5.36. The Morgan fingerprint density at radius 1 is 1.44 bits per heavy atom. The van der Waals surface area contributed by atoms with Crippen molar-refractivity contribution < 1.29 is 14.6 Å². The average molecular weight is 227 g/mol. The molecule has 2 atom stereocenters. The smallest absolute Gasteiger partial charge is 0.118 e. The summed E-state index contributed by atoms with van der Waals surface area (Å²) in [7, 11) is 0. The Morgan fingerprint density at radius 3 is 2.69 bits per heavy atom. The molecule has 0 aromatic heterocycles. The fourth-order valence-corrected chi connectivity index (χ4v) is 1.55. The van der Waals surface area contributed by atoms with Crippen LogP contribution in [0.2, 0.25) is 0 Å². The van der Waals surface area contributed by atoms with Crippen molar-refractivity contribution in [3.63, 3.8) is 0 Å². The van der Waals surface area contributed by atoms with Crippen LogP contribution in [-0.4, -0.2) is 29.5 Å². The number of phenols is 1. The van der Waals surface area contributed by atoms with Crippen LogP contribution in [0.1, 0.15) is 24.2 Å². The highest BCUT2D eigenvalue weighted by Crippen LogP contribution is 2.23. The Hall–Kier alpha value is -1.13. The summed E-state index contributed by atoms with van der Waals surface area (Å²) in [4.78, 5) is 0. The summed E-state index contributed by atoms with van der Waals surface area (Å²) >= 11 is 0. The first kappa shape index (κ1) is 12.9. The SMILES string of the molecule is Cc1cc(C(O)C(C)NCCF)ccc1O. The number of aromatic hydroxyl groups is 1. The van der Waals surface area contributed by atoms with Crippen molar-refractivity contribution in [2.24, 2.45) is 0 Å². The minimum Gasteiger partial charge on any atom is -0.508 e. The minimum absolute atomic E-state index is 0.209. The molecule has 1 aromatic carbocycles. The molecule has 3 nitrogen and oxygen atoms in total. The fraction of sp³-hybridized carbons (Fsp3) is 0.500. The highest BCUT2D eigenvalue weighted by atomic mass is 19.1. The number of hydrogen-bond acceptors (Lipinski definition) is 3. The summed E-state index contributed by atoms with van der Waals surface area (Å²) < 4.78 is 12.0. The molecule has 0 radical (unpaired) electrons. The van der Waals surface area contributed by atoms with E-state index in [1.807, 2.05) is 0 Å². The van der Waals surface area contributed by atoms with Crippen LogP contribution < -0.4 is 5.32 Å². The van der Waals surface area contributed by atoms with Gasteiger partial charge in [0.25, 0.3) is 0 Å². The fourth-order valence-electron chi connectivity index (χ4n) is 1.55. The van der Waals surface area contributed by atoms with Gasteiger partial charge in [-0.1, -0.05) is 6.07 Å². The summed E-state index contributed by atoms with van der Waals surface area (Å²) in [6, 6.07) is 4.73. The van der Waals surface area contributed by atoms with Gasteiger partial charge in [-0.25, -0.2) is 4.39 Å². The van der Waals surface area contributed by atoms with E-state index in [-0.39, 0.29) is 18.3 Å². The van der Waals surface area contributed by atoms with Crippen LogP contribution in [0.3, 0.4) is 0 Å². The molecule has 4 heteroatoms. The normalized spacial score (nSPS) is 14.8. The number of aliphatic hydroxyl groups excluding tert-OH is 1. The van der Waals surface area contributed by atoms with E-state index >= 15 is 0 Å². The number of benzene rings is 1. The Kier molecular flexibility index (Phi) is 4.71. The van der Waals surface area contributed by atoms with Crippen molar-refractivity contribution in [2.45, 2.75) is 26.0 Å². The molecule has 0 saturated heterocycles. The molecule has 0 heterocycles. The summed E-state index contributed by atoms with van der Waals surface area (Å²) in [6.07, 6.45) is -0.703. The van der Waals surface area contributed by atoms with Crippen LogP contribution in [0.4, 0.5) is 4.39 Å². The second kappa shape index (κ2) is 5.82. The van der Waals surface area contributed by atoms with Gasteiger partial charge in [0, 0.05) is 12.6 Å². The van der Waals surface area contributed by atoms with Crippen molar-refractivity contribution in [3.05, 3.63) is 29.3 Å². The number of alkyl halides is 1. The lowest BCUT2D eigenvalue weighted by molar-refractivity contribution is 0.135. The Labute approximate surface area is 94.9 Å². The van der Waals surface area contributed by atoms with E-state index in [1.165, 1.54) is 0 Å². The number of aliphatic hydroxyl groups is 1. The molecule has 0 spiro atoms. The van der Waals surface area contributed by atoms with E-state index in [4.69, 9.17) is 0 Å². The monoisotopic (exact) mass is 227 g/mol. The largest absolute Gasteiger partial charge is 0.508 e. The van der Waals surface area contributed by atoms with Crippen LogP contribution in [-0.2, 0) is 0 Å². The summed E-state index contributed by atoms with van der Waals surface area (Å²) in [6.45, 7) is 3.34. The van der Waals surface area contributed by atoms with Gasteiger partial charge in [-0.05, 0) is 37.1 Å². The van der Waals surface area contributed by atoms with Crippen LogP contribution in [0.15, 0.2) is 18.2 Å². The predicted octanol–water partition coefficient (Wildman–Crippen LogP) is 1.68. The summed E-state index contributed by atoms with van der Waals surface area (Å²) in [5, 5.41) is 22.2. The number of nitrogens with one attached hydrogen (secondary N) is 1. The van der Waals surface area contributed by atoms with Gasteiger partial charge < -0.3 is 15.5 Å². The molecule has 0 fully saturated rings. The van der Waals surface area contributed by atoms with Gasteiger partial charge >= 0.3 is 0 Å². The van der Waals surface area contributed by atoms with Crippen LogP contribution in [0.5, 0.6) is 5.75 Å². The molecule has 0 bridgehead atoms. The molecule has 1 aromatic rings. The third-order valence-corrected chi connectivity index (χ3v) is 2.60. The van der Waals surface area contributed by atoms with E-state index in [1.54, 1.807) is 32.0 Å². The first-order valence-corrected chi connectivity index (χ1v) is 5.33. The molecule has 0 aliphatic rings. The quantitative estimate of drug-likeness (QED) is 0.717. The second-order valence-corrected chi connectivity index (χ2v) is 3.92. The molecule has 3 N–H and O–H groups in total. The lowest BCUT2D eigenvalue weighted by Crippen LogP contribution is -2.33. The lowest BCUT2D eigenvalue weighted by Gasteiger charge is -2.20. The van der Waals surface area contributed by atoms with E-state index in [0.29, 0.717) is 11.1 Å². The minimum atomic E-state index is -0.703. The van der Waals surface area contributed by atoms with E-state index < -0.39 is 12.8 Å². The van der Waals surface area contributed by atoms with Crippen LogP contribution >= 0.6 is 0 Å². The van der Waals surface area contributed by atoms with Crippen LogP contribution in [0, 0.1) is 6.92 Å². The van der Waals surface area contributed by atoms with Crippen molar-refractivity contribution >= 4 is 0 Å². The van der Waals surface area contributed by atoms with E-state index in [0.717, 1.165) is 0 Å². The second-order valence-electron chi connectivity index (χ2n) is 3.92. The van der Waals surface area contributed by atoms with E-state index in [2.05, 4.69) is 5.32 Å². The van der Waals surface area contributed by atoms with E-state index in [9.17, 15) is 14.6 Å². The molecule has 0 saturated carbocycles. The maximum atomic E-state index is 12.0. The van der Waals surface area contributed by atoms with Gasteiger partial charge in [0.15, 0.2) is 0 Å². The lowest BCUT2D eigenvalue weighted by atomic mass is 10.0. The molecule has 2 unspecified atom stereocenters. The predicted molar refractivity (Wildman–Crippen MR) is 61.2 cm³/mol. The summed E-state index contributed by atoms with van der Waals surface area (Å²) in [5.41, 5.74) is 1.43. The topological polar surface area (TPSA) is 52.5 Å². The molecule has 16 heavy (non-hydrogen) atoms. The molecule has 0 aliphatic carbocycles. The number of rotatable bonds is 5. The number of halogens is 1. The zero-order valence-corrected chi connectivity index (χ0v) is 9.57. The number of aryl methyl sites for hydroxylation is 1. The van der Waals surface area contributed by atoms with Crippen molar-refractivity contribution in [3.8, 4) is 5.75 Å². The average Bonchev–Trinajstić information content (AvgIpc) is 2.28. The zero-order chi connectivity index (χ0) is 12.1. The standard InChI is InChI=1S/C12H18FNO2/c1-8-7-10(3-4-11(8)15)12(16)9(2)14-6-5-13/h3-4,7,9,12,14-16H,5-6H2,1-2H3. The van der Waals surface area contributed by atoms with Gasteiger partial charge in [-0.2, -0.15) is 0 Å². The van der Waals surface area contributed by atoms with Gasteiger partial charge in [-0.15, -0.1) is 0 Å². The first-order chi connectivity index (χ1) is 7.56. The number of hydrogen-bond donors (Lipinski definition) is 3. The molecular formula is C12H18FNO2. The Bertz CT molecular complexity index is 344. The van der Waals surface area contributed by atoms with Crippen LogP contribution in [0.25, 0.3) is 0 Å². The zero-order valence-electron chi connectivity index (χ0n) is 9.57. The van der Waals surface area contributed by atoms with Gasteiger partial charge in [0.1, 0.15) is 12.4 Å². The van der Waals surface area contributed by atoms with Gasteiger partial charge in [0.05, 0.1) is 6.10 Å². The summed E-state index contributed by atoms with van der Waals surface area (Å²) in [5.74, 6) is 0.209. The van der Waals surface area contributed by atoms with Crippen molar-refractivity contribution in [1.82, 2.24) is 5.32 Å². The Balaban J connectivity index is 2.71. The Morgan fingerprint density at radius 2 is 2.12 bits per heavy atom. The molecular weight excluding hydrogens is 209 g/mol. The molecule has 90 valence electrons. The van der Waals surface area contributed by atoms with Gasteiger partial charge in [0.2, 0.25) is 0 Å². The molecule has 0 amide bonds. The third kappa shape index (κ3) is 3.18. The third-order valence-electron chi connectivity index (χ3n) is 2.60. The van der Waals surface area contributed by atoms with Crippen molar-refractivity contribution in [2.75, 3.05) is 13.2 Å². The maximum Gasteiger partial charge on any atom is 0.118 e. The number of phenolic OH excluding ortho intramolecular Hbond substituents is 1. The highest BCUT2D eigenvalue weighted by Gasteiger charge is 2.16. The first-order valence-electron chi connectivity index (χ1n) is 5.33. The molecule has 0 aliphatic heterocycles.